The second-order valence-corrected chi connectivity index (χ2v) is 3.91. The molecular weight excluding hydrogens is 243 g/mol. The van der Waals surface area contributed by atoms with Crippen LogP contribution >= 0.6 is 0 Å². The molecule has 0 fully saturated rings. The second kappa shape index (κ2) is 5.39. The quantitative estimate of drug-likeness (QED) is 0.814. The second-order valence-electron chi connectivity index (χ2n) is 3.91. The monoisotopic (exact) mass is 253 g/mol. The van der Waals surface area contributed by atoms with Crippen LogP contribution in [0.3, 0.4) is 0 Å². The van der Waals surface area contributed by atoms with E-state index in [1.54, 1.807) is 24.3 Å². The number of rotatable bonds is 4. The Morgan fingerprint density at radius 3 is 1.47 bits per heavy atom. The molecule has 2 rings (SSSR count). The summed E-state index contributed by atoms with van der Waals surface area (Å²) in [7, 11) is 0.851. The number of aromatic hydroxyl groups is 2. The number of para-hydroxylation sites is 2. The SMILES string of the molecule is O=C([B-]C(=O)c1ccccc1O)c1ccccc1O. The molecule has 0 heterocycles. The van der Waals surface area contributed by atoms with Gasteiger partial charge in [0.05, 0.1) is 0 Å². The Balaban J connectivity index is 2.19. The Labute approximate surface area is 110 Å². The molecule has 0 atom stereocenters. The predicted molar refractivity (Wildman–Crippen MR) is 70.6 cm³/mol. The molecule has 0 aliphatic heterocycles. The van der Waals surface area contributed by atoms with E-state index in [4.69, 9.17) is 0 Å². The topological polar surface area (TPSA) is 74.6 Å². The van der Waals surface area contributed by atoms with E-state index in [-0.39, 0.29) is 22.6 Å². The van der Waals surface area contributed by atoms with Gasteiger partial charge in [-0.25, -0.2) is 0 Å². The van der Waals surface area contributed by atoms with Crippen LogP contribution in [-0.4, -0.2) is 28.9 Å². The minimum Gasteiger partial charge on any atom is -0.507 e. The molecule has 0 spiro atoms. The Kier molecular flexibility index (Phi) is 3.66. The molecule has 0 saturated carbocycles. The smallest absolute Gasteiger partial charge is 0.122 e. The molecule has 5 heteroatoms. The van der Waals surface area contributed by atoms with Crippen LogP contribution in [0.1, 0.15) is 20.7 Å². The van der Waals surface area contributed by atoms with E-state index in [1.165, 1.54) is 24.3 Å². The number of benzene rings is 2. The van der Waals surface area contributed by atoms with Crippen LogP contribution in [-0.2, 0) is 0 Å². The van der Waals surface area contributed by atoms with Crippen LogP contribution in [0.4, 0.5) is 0 Å². The first-order valence-electron chi connectivity index (χ1n) is 5.59. The summed E-state index contributed by atoms with van der Waals surface area (Å²) in [5.74, 6) is -0.373. The fourth-order valence-electron chi connectivity index (χ4n) is 1.64. The summed E-state index contributed by atoms with van der Waals surface area (Å²) in [6.45, 7) is 0. The van der Waals surface area contributed by atoms with Gasteiger partial charge in [-0.2, -0.15) is 0 Å². The number of carbonyl (C=O) groups excluding carboxylic acids is 2. The fourth-order valence-corrected chi connectivity index (χ4v) is 1.64. The zero-order valence-electron chi connectivity index (χ0n) is 9.91. The Bertz CT molecular complexity index is 581. The number of phenols is 2. The summed E-state index contributed by atoms with van der Waals surface area (Å²) in [6, 6.07) is 11.9. The molecule has 2 radical (unpaired) electrons. The molecule has 0 aliphatic carbocycles. The first kappa shape index (κ1) is 12.9. The summed E-state index contributed by atoms with van der Waals surface area (Å²) >= 11 is 0. The van der Waals surface area contributed by atoms with Crippen molar-refractivity contribution in [3.63, 3.8) is 0 Å². The highest BCUT2D eigenvalue weighted by molar-refractivity contribution is 7.01. The van der Waals surface area contributed by atoms with Gasteiger partial charge in [0.2, 0.25) is 0 Å². The molecule has 0 amide bonds. The van der Waals surface area contributed by atoms with Crippen molar-refractivity contribution < 1.29 is 19.8 Å². The Hall–Kier alpha value is -2.56. The minimum absolute atomic E-state index is 0.0475. The van der Waals surface area contributed by atoms with Crippen LogP contribution in [0.2, 0.25) is 0 Å². The number of carbonyl (C=O) groups is 2. The van der Waals surface area contributed by atoms with Crippen molar-refractivity contribution in [3.05, 3.63) is 59.7 Å². The standard InChI is InChI=1S/C14H10BO4/c16-11-7-3-1-5-9(11)13(18)15-14(19)10-6-2-4-8-12(10)17/h1-8,16-17H/q-1. The average Bonchev–Trinajstić information content (AvgIpc) is 2.39. The molecule has 0 saturated heterocycles. The van der Waals surface area contributed by atoms with Gasteiger partial charge in [0.1, 0.15) is 11.5 Å². The molecule has 2 aromatic carbocycles. The van der Waals surface area contributed by atoms with E-state index in [1.807, 2.05) is 0 Å². The fraction of sp³-hybridized carbons (Fsp3) is 0. The first-order chi connectivity index (χ1) is 9.09. The highest BCUT2D eigenvalue weighted by Crippen LogP contribution is 2.18. The van der Waals surface area contributed by atoms with E-state index in [0.717, 1.165) is 7.28 Å². The molecule has 0 bridgehead atoms. The van der Waals surface area contributed by atoms with E-state index >= 15 is 0 Å². The summed E-state index contributed by atoms with van der Waals surface area (Å²) in [5, 5.41) is 19.0. The van der Waals surface area contributed by atoms with Gasteiger partial charge in [0.15, 0.2) is 0 Å². The highest BCUT2D eigenvalue weighted by Gasteiger charge is 2.06. The largest absolute Gasteiger partial charge is 0.507 e. The average molecular weight is 253 g/mol. The van der Waals surface area contributed by atoms with Gasteiger partial charge >= 0.3 is 0 Å². The van der Waals surface area contributed by atoms with Crippen molar-refractivity contribution in [2.75, 3.05) is 0 Å². The van der Waals surface area contributed by atoms with Crippen molar-refractivity contribution in [2.24, 2.45) is 0 Å². The van der Waals surface area contributed by atoms with Crippen LogP contribution in [0.5, 0.6) is 11.5 Å². The predicted octanol–water partition coefficient (Wildman–Crippen LogP) is 1.78. The maximum absolute atomic E-state index is 11.8. The van der Waals surface area contributed by atoms with Crippen molar-refractivity contribution in [1.29, 1.82) is 0 Å². The number of hydrogen-bond donors (Lipinski definition) is 2. The number of phenolic OH excluding ortho intramolecular Hbond substituents is 2. The van der Waals surface area contributed by atoms with Crippen molar-refractivity contribution in [3.8, 4) is 11.5 Å². The van der Waals surface area contributed by atoms with E-state index in [2.05, 4.69) is 0 Å². The van der Waals surface area contributed by atoms with Gasteiger partial charge in [0.25, 0.3) is 0 Å². The molecule has 0 aromatic heterocycles. The normalized spacial score (nSPS) is 10.1. The lowest BCUT2D eigenvalue weighted by atomic mass is 9.64. The van der Waals surface area contributed by atoms with Crippen LogP contribution < -0.4 is 0 Å². The van der Waals surface area contributed by atoms with E-state index < -0.39 is 11.4 Å². The van der Waals surface area contributed by atoms with Gasteiger partial charge in [-0.05, 0) is 12.1 Å². The van der Waals surface area contributed by atoms with Crippen LogP contribution in [0.15, 0.2) is 48.5 Å². The Morgan fingerprint density at radius 2 is 1.11 bits per heavy atom. The van der Waals surface area contributed by atoms with Gasteiger partial charge in [-0.3, -0.25) is 0 Å². The Morgan fingerprint density at radius 1 is 0.737 bits per heavy atom. The summed E-state index contributed by atoms with van der Waals surface area (Å²) in [6.07, 6.45) is 0. The number of hydrogen-bond acceptors (Lipinski definition) is 4. The summed E-state index contributed by atoms with van der Waals surface area (Å²) in [4.78, 5) is 23.7. The molecular formula is C14H10BO4-. The molecule has 4 nitrogen and oxygen atoms in total. The van der Waals surface area contributed by atoms with Crippen molar-refractivity contribution >= 4 is 18.6 Å². The third kappa shape index (κ3) is 2.82. The van der Waals surface area contributed by atoms with Gasteiger partial charge in [-0.1, -0.05) is 47.8 Å². The lowest BCUT2D eigenvalue weighted by Gasteiger charge is -2.15. The molecule has 0 aliphatic rings. The van der Waals surface area contributed by atoms with Gasteiger partial charge in [0, 0.05) is 11.1 Å². The first-order valence-corrected chi connectivity index (χ1v) is 5.59. The molecule has 0 unspecified atom stereocenters. The third-order valence-corrected chi connectivity index (χ3v) is 2.60. The summed E-state index contributed by atoms with van der Waals surface area (Å²) < 4.78 is 0. The lowest BCUT2D eigenvalue weighted by Crippen LogP contribution is -2.20. The molecule has 94 valence electrons. The highest BCUT2D eigenvalue weighted by atomic mass is 16.3. The maximum Gasteiger partial charge on any atom is 0.122 e. The maximum atomic E-state index is 11.8. The molecule has 2 aromatic rings. The summed E-state index contributed by atoms with van der Waals surface area (Å²) in [5.41, 5.74) is -1.12. The van der Waals surface area contributed by atoms with Crippen molar-refractivity contribution in [1.82, 2.24) is 0 Å². The zero-order chi connectivity index (χ0) is 13.8. The van der Waals surface area contributed by atoms with Crippen molar-refractivity contribution in [2.45, 2.75) is 0 Å². The third-order valence-electron chi connectivity index (χ3n) is 2.60. The minimum atomic E-state index is -0.605. The molecule has 2 N–H and O–H groups in total. The van der Waals surface area contributed by atoms with Crippen LogP contribution in [0, 0.1) is 0 Å². The van der Waals surface area contributed by atoms with E-state index in [0.29, 0.717) is 0 Å². The van der Waals surface area contributed by atoms with Gasteiger partial charge in [-0.15, -0.1) is 7.28 Å². The molecule has 19 heavy (non-hydrogen) atoms. The zero-order valence-corrected chi connectivity index (χ0v) is 9.91. The lowest BCUT2D eigenvalue weighted by molar-refractivity contribution is 0.104. The van der Waals surface area contributed by atoms with E-state index in [9.17, 15) is 19.8 Å². The van der Waals surface area contributed by atoms with Gasteiger partial charge < -0.3 is 19.8 Å². The van der Waals surface area contributed by atoms with Crippen LogP contribution in [0.25, 0.3) is 0 Å².